The van der Waals surface area contributed by atoms with Crippen LogP contribution in [0.2, 0.25) is 0 Å². The molecule has 5 nitrogen and oxygen atoms in total. The van der Waals surface area contributed by atoms with E-state index in [0.29, 0.717) is 29.3 Å². The highest BCUT2D eigenvalue weighted by atomic mass is 127. The Hall–Kier alpha value is -1.18. The molecular weight excluding hydrogens is 421 g/mol. The first kappa shape index (κ1) is 16.3. The van der Waals surface area contributed by atoms with Gasteiger partial charge in [-0.25, -0.2) is 0 Å². The van der Waals surface area contributed by atoms with Gasteiger partial charge in [-0.3, -0.25) is 9.63 Å². The number of benzene rings is 1. The predicted molar refractivity (Wildman–Crippen MR) is 96.4 cm³/mol. The molecule has 128 valence electrons. The summed E-state index contributed by atoms with van der Waals surface area (Å²) in [4.78, 5) is 27.7. The van der Waals surface area contributed by atoms with E-state index in [9.17, 15) is 14.9 Å². The van der Waals surface area contributed by atoms with Gasteiger partial charge in [0.2, 0.25) is 0 Å². The largest absolute Gasteiger partial charge is 0.299 e. The van der Waals surface area contributed by atoms with Gasteiger partial charge in [-0.05, 0) is 95.7 Å². The minimum absolute atomic E-state index is 0.111. The molecule has 0 aromatic heterocycles. The highest BCUT2D eigenvalue weighted by molar-refractivity contribution is 14.1. The molecule has 1 aromatic rings. The lowest BCUT2D eigenvalue weighted by Gasteiger charge is -2.48. The number of ketones is 1. The van der Waals surface area contributed by atoms with Gasteiger partial charge in [0, 0.05) is 15.4 Å². The van der Waals surface area contributed by atoms with E-state index in [1.807, 2.05) is 6.07 Å². The van der Waals surface area contributed by atoms with Crippen LogP contribution >= 0.6 is 22.6 Å². The molecule has 2 fully saturated rings. The van der Waals surface area contributed by atoms with Gasteiger partial charge < -0.3 is 0 Å². The zero-order chi connectivity index (χ0) is 17.1. The number of fused-ring (bicyclic) bond motifs is 5. The highest BCUT2D eigenvalue weighted by Crippen LogP contribution is 2.59. The van der Waals surface area contributed by atoms with Crippen LogP contribution in [-0.2, 0) is 11.2 Å². The number of halogens is 1. The lowest BCUT2D eigenvalue weighted by atomic mass is 9.55. The Morgan fingerprint density at radius 3 is 2.83 bits per heavy atom. The molecule has 6 heteroatoms. The number of carbonyl (C=O) groups is 1. The Morgan fingerprint density at radius 2 is 2.08 bits per heavy atom. The third-order valence-corrected chi connectivity index (χ3v) is 7.50. The lowest BCUT2D eigenvalue weighted by Crippen LogP contribution is -2.42. The minimum atomic E-state index is -0.744. The van der Waals surface area contributed by atoms with Crippen LogP contribution < -0.4 is 4.84 Å². The fraction of sp³-hybridized carbons (Fsp3) is 0.611. The Kier molecular flexibility index (Phi) is 3.85. The number of hydrogen-bond donors (Lipinski definition) is 0. The number of Topliss-reactive ketones (excluding diaryl/α,β-unsaturated/α-hetero) is 1. The Labute approximate surface area is 154 Å². The molecule has 2 saturated carbocycles. The Morgan fingerprint density at radius 1 is 1.29 bits per heavy atom. The standard InChI is InChI=1S/C18H20INO4/c1-18-7-6-11-12(14(18)4-5-17(18)21)3-2-10-8-16(24-20(22)23)15(19)9-13(10)11/h8-9,11-12,14H,2-7H2,1H3/t11-,12+,14-,18-/m0/s1. The van der Waals surface area contributed by atoms with Crippen molar-refractivity contribution in [2.24, 2.45) is 17.3 Å². The molecule has 0 unspecified atom stereocenters. The lowest BCUT2D eigenvalue weighted by molar-refractivity contribution is -0.711. The second kappa shape index (κ2) is 5.68. The van der Waals surface area contributed by atoms with E-state index < -0.39 is 5.09 Å². The van der Waals surface area contributed by atoms with Crippen molar-refractivity contribution in [1.29, 1.82) is 0 Å². The number of rotatable bonds is 2. The van der Waals surface area contributed by atoms with Crippen LogP contribution in [0.1, 0.15) is 56.1 Å². The van der Waals surface area contributed by atoms with E-state index in [4.69, 9.17) is 4.84 Å². The fourth-order valence-electron chi connectivity index (χ4n) is 5.49. The predicted octanol–water partition coefficient (Wildman–Crippen LogP) is 4.29. The van der Waals surface area contributed by atoms with Crippen molar-refractivity contribution in [1.82, 2.24) is 0 Å². The van der Waals surface area contributed by atoms with Crippen molar-refractivity contribution < 1.29 is 14.7 Å². The molecule has 24 heavy (non-hydrogen) atoms. The first-order valence-electron chi connectivity index (χ1n) is 8.58. The summed E-state index contributed by atoms with van der Waals surface area (Å²) < 4.78 is 0.791. The molecule has 0 bridgehead atoms. The van der Waals surface area contributed by atoms with Crippen LogP contribution in [0.3, 0.4) is 0 Å². The number of hydrogen-bond acceptors (Lipinski definition) is 4. The van der Waals surface area contributed by atoms with Gasteiger partial charge in [0.15, 0.2) is 0 Å². The number of carbonyl (C=O) groups excluding carboxylic acids is 1. The minimum Gasteiger partial charge on any atom is -0.299 e. The second-order valence-corrected chi connectivity index (χ2v) is 8.79. The zero-order valence-electron chi connectivity index (χ0n) is 13.6. The van der Waals surface area contributed by atoms with Crippen LogP contribution in [0.4, 0.5) is 0 Å². The molecule has 0 saturated heterocycles. The Balaban J connectivity index is 1.69. The summed E-state index contributed by atoms with van der Waals surface area (Å²) in [5.41, 5.74) is 2.40. The summed E-state index contributed by atoms with van der Waals surface area (Å²) in [5.74, 6) is 2.36. The average molecular weight is 441 g/mol. The van der Waals surface area contributed by atoms with Gasteiger partial charge >= 0.3 is 0 Å². The van der Waals surface area contributed by atoms with Crippen molar-refractivity contribution in [2.75, 3.05) is 0 Å². The second-order valence-electron chi connectivity index (χ2n) is 7.63. The van der Waals surface area contributed by atoms with Crippen molar-refractivity contribution in [3.05, 3.63) is 36.9 Å². The maximum atomic E-state index is 12.4. The third-order valence-electron chi connectivity index (χ3n) is 6.66. The van der Waals surface area contributed by atoms with Gasteiger partial charge in [-0.15, -0.1) is 10.1 Å². The maximum Gasteiger partial charge on any atom is 0.299 e. The SMILES string of the molecule is C[C@]12CC[C@@H]3c4cc(I)c(O[N+](=O)[O-])cc4CC[C@H]3[C@@H]1CCC2=O. The van der Waals surface area contributed by atoms with Gasteiger partial charge in [0.1, 0.15) is 11.5 Å². The summed E-state index contributed by atoms with van der Waals surface area (Å²) in [5, 5.41) is 9.91. The fourth-order valence-corrected chi connectivity index (χ4v) is 6.08. The zero-order valence-corrected chi connectivity index (χ0v) is 15.7. The summed E-state index contributed by atoms with van der Waals surface area (Å²) in [6.07, 6.45) is 5.78. The molecule has 0 N–H and O–H groups in total. The van der Waals surface area contributed by atoms with Crippen molar-refractivity contribution in [3.8, 4) is 5.75 Å². The van der Waals surface area contributed by atoms with Crippen LogP contribution in [-0.4, -0.2) is 10.9 Å². The molecule has 0 aliphatic heterocycles. The van der Waals surface area contributed by atoms with E-state index in [-0.39, 0.29) is 5.41 Å². The normalized spacial score (nSPS) is 34.2. The third kappa shape index (κ3) is 2.36. The molecule has 0 amide bonds. The summed E-state index contributed by atoms with van der Waals surface area (Å²) in [7, 11) is 0. The van der Waals surface area contributed by atoms with Crippen molar-refractivity contribution in [2.45, 2.75) is 51.4 Å². The first-order chi connectivity index (χ1) is 11.4. The van der Waals surface area contributed by atoms with Gasteiger partial charge in [-0.1, -0.05) is 6.92 Å². The summed E-state index contributed by atoms with van der Waals surface area (Å²) in [6.45, 7) is 2.18. The molecule has 3 aliphatic carbocycles. The summed E-state index contributed by atoms with van der Waals surface area (Å²) >= 11 is 2.12. The average Bonchev–Trinajstić information content (AvgIpc) is 2.83. The molecule has 0 radical (unpaired) electrons. The van der Waals surface area contributed by atoms with E-state index in [0.717, 1.165) is 42.1 Å². The molecule has 0 spiro atoms. The molecular formula is C18H20INO4. The van der Waals surface area contributed by atoms with Crippen LogP contribution in [0.25, 0.3) is 0 Å². The highest BCUT2D eigenvalue weighted by Gasteiger charge is 2.54. The van der Waals surface area contributed by atoms with Crippen LogP contribution in [0, 0.1) is 30.9 Å². The van der Waals surface area contributed by atoms with Gasteiger partial charge in [0.25, 0.3) is 5.09 Å². The van der Waals surface area contributed by atoms with E-state index in [2.05, 4.69) is 35.6 Å². The van der Waals surface area contributed by atoms with Gasteiger partial charge in [0.05, 0.1) is 0 Å². The molecule has 4 rings (SSSR count). The van der Waals surface area contributed by atoms with E-state index in [1.54, 1.807) is 0 Å². The molecule has 4 atom stereocenters. The monoisotopic (exact) mass is 441 g/mol. The van der Waals surface area contributed by atoms with Gasteiger partial charge in [-0.2, -0.15) is 0 Å². The van der Waals surface area contributed by atoms with Crippen LogP contribution in [0.5, 0.6) is 5.75 Å². The molecule has 1 aromatic carbocycles. The Bertz CT molecular complexity index is 734. The molecule has 0 heterocycles. The topological polar surface area (TPSA) is 69.4 Å². The smallest absolute Gasteiger partial charge is 0.299 e. The number of nitrogens with zero attached hydrogens (tertiary/aromatic N) is 1. The van der Waals surface area contributed by atoms with Crippen molar-refractivity contribution in [3.63, 3.8) is 0 Å². The van der Waals surface area contributed by atoms with Crippen LogP contribution in [0.15, 0.2) is 12.1 Å². The summed E-state index contributed by atoms with van der Waals surface area (Å²) in [6, 6.07) is 3.93. The quantitative estimate of drug-likeness (QED) is 0.390. The molecule has 3 aliphatic rings. The van der Waals surface area contributed by atoms with E-state index in [1.165, 1.54) is 11.1 Å². The van der Waals surface area contributed by atoms with E-state index >= 15 is 0 Å². The maximum absolute atomic E-state index is 12.4. The first-order valence-corrected chi connectivity index (χ1v) is 9.66. The number of aryl methyl sites for hydroxylation is 1. The van der Waals surface area contributed by atoms with Crippen molar-refractivity contribution >= 4 is 28.4 Å².